The molecule has 2 rings (SSSR count). The van der Waals surface area contributed by atoms with Crippen molar-refractivity contribution >= 4 is 28.3 Å². The summed E-state index contributed by atoms with van der Waals surface area (Å²) >= 11 is 1.25. The van der Waals surface area contributed by atoms with E-state index in [4.69, 9.17) is 4.74 Å². The molecule has 0 saturated heterocycles. The number of nitrogens with zero attached hydrogens (tertiary/aromatic N) is 2. The van der Waals surface area contributed by atoms with Gasteiger partial charge in [-0.25, -0.2) is 0 Å². The van der Waals surface area contributed by atoms with Crippen molar-refractivity contribution in [1.82, 2.24) is 15.5 Å². The lowest BCUT2D eigenvalue weighted by atomic mass is 10.2. The zero-order valence-electron chi connectivity index (χ0n) is 12.4. The molecule has 7 nitrogen and oxygen atoms in total. The van der Waals surface area contributed by atoms with Crippen LogP contribution in [0.2, 0.25) is 0 Å². The number of benzene rings is 1. The molecule has 2 amide bonds. The summed E-state index contributed by atoms with van der Waals surface area (Å²) < 4.78 is 5.16. The summed E-state index contributed by atoms with van der Waals surface area (Å²) in [5, 5.41) is 14.2. The largest absolute Gasteiger partial charge is 0.497 e. The number of anilines is 1. The quantitative estimate of drug-likeness (QED) is 0.874. The number of carbonyl (C=O) groups is 2. The summed E-state index contributed by atoms with van der Waals surface area (Å²) in [7, 11) is 1.59. The predicted molar refractivity (Wildman–Crippen MR) is 83.8 cm³/mol. The molecule has 2 aromatic rings. The Kier molecular flexibility index (Phi) is 5.05. The molecular formula is C14H16N4O3S. The molecule has 0 aliphatic rings. The number of hydrogen-bond acceptors (Lipinski definition) is 6. The average molecular weight is 320 g/mol. The van der Waals surface area contributed by atoms with Crippen molar-refractivity contribution in [2.24, 2.45) is 0 Å². The van der Waals surface area contributed by atoms with Gasteiger partial charge in [0.2, 0.25) is 16.9 Å². The Hall–Kier alpha value is -2.48. The molecule has 2 N–H and O–H groups in total. The van der Waals surface area contributed by atoms with E-state index in [2.05, 4.69) is 20.8 Å². The Labute approximate surface area is 131 Å². The maximum atomic E-state index is 11.9. The van der Waals surface area contributed by atoms with Gasteiger partial charge in [0.05, 0.1) is 7.11 Å². The molecular weight excluding hydrogens is 304 g/mol. The number of aromatic nitrogens is 2. The van der Waals surface area contributed by atoms with Crippen molar-refractivity contribution in [2.45, 2.75) is 19.9 Å². The molecule has 0 saturated carbocycles. The van der Waals surface area contributed by atoms with Crippen molar-refractivity contribution in [3.63, 3.8) is 0 Å². The zero-order chi connectivity index (χ0) is 16.1. The highest BCUT2D eigenvalue weighted by atomic mass is 32.1. The monoisotopic (exact) mass is 320 g/mol. The molecule has 8 heteroatoms. The van der Waals surface area contributed by atoms with Crippen molar-refractivity contribution < 1.29 is 14.3 Å². The molecule has 0 spiro atoms. The third-order valence-corrected chi connectivity index (χ3v) is 3.67. The molecule has 1 heterocycles. The van der Waals surface area contributed by atoms with E-state index in [1.165, 1.54) is 18.3 Å². The van der Waals surface area contributed by atoms with Crippen LogP contribution in [-0.4, -0.2) is 35.2 Å². The van der Waals surface area contributed by atoms with Gasteiger partial charge in [0.1, 0.15) is 16.8 Å². The molecule has 1 unspecified atom stereocenters. The van der Waals surface area contributed by atoms with Crippen LogP contribution in [-0.2, 0) is 9.59 Å². The Morgan fingerprint density at radius 1 is 1.32 bits per heavy atom. The highest BCUT2D eigenvalue weighted by Crippen LogP contribution is 2.28. The minimum Gasteiger partial charge on any atom is -0.497 e. The molecule has 1 aromatic heterocycles. The Morgan fingerprint density at radius 3 is 2.77 bits per heavy atom. The normalized spacial score (nSPS) is 11.6. The van der Waals surface area contributed by atoms with Gasteiger partial charge in [-0.05, 0) is 19.1 Å². The van der Waals surface area contributed by atoms with E-state index in [1.807, 2.05) is 24.3 Å². The lowest BCUT2D eigenvalue weighted by Gasteiger charge is -2.10. The van der Waals surface area contributed by atoms with Crippen LogP contribution in [0.4, 0.5) is 5.13 Å². The van der Waals surface area contributed by atoms with E-state index >= 15 is 0 Å². The van der Waals surface area contributed by atoms with Crippen molar-refractivity contribution in [3.8, 4) is 16.3 Å². The molecule has 1 aromatic carbocycles. The van der Waals surface area contributed by atoms with E-state index in [1.54, 1.807) is 14.0 Å². The maximum Gasteiger partial charge on any atom is 0.248 e. The van der Waals surface area contributed by atoms with E-state index in [0.29, 0.717) is 10.1 Å². The third kappa shape index (κ3) is 4.01. The molecule has 0 radical (unpaired) electrons. The number of amides is 2. The van der Waals surface area contributed by atoms with Gasteiger partial charge in [-0.3, -0.25) is 14.9 Å². The number of hydrogen-bond donors (Lipinski definition) is 2. The Balaban J connectivity index is 2.08. The van der Waals surface area contributed by atoms with Gasteiger partial charge in [-0.15, -0.1) is 10.2 Å². The first kappa shape index (κ1) is 15.9. The Morgan fingerprint density at radius 2 is 2.09 bits per heavy atom. The van der Waals surface area contributed by atoms with E-state index < -0.39 is 6.04 Å². The van der Waals surface area contributed by atoms with Gasteiger partial charge in [0, 0.05) is 12.5 Å². The SMILES string of the molecule is COc1cccc(-c2nnc(NC(=O)C(C)NC(C)=O)s2)c1. The first-order valence-electron chi connectivity index (χ1n) is 6.55. The van der Waals surface area contributed by atoms with Gasteiger partial charge in [-0.1, -0.05) is 23.5 Å². The van der Waals surface area contributed by atoms with Crippen LogP contribution >= 0.6 is 11.3 Å². The summed E-state index contributed by atoms with van der Waals surface area (Å²) in [5.41, 5.74) is 0.854. The number of ether oxygens (including phenoxy) is 1. The molecule has 0 fully saturated rings. The van der Waals surface area contributed by atoms with E-state index in [0.717, 1.165) is 11.3 Å². The smallest absolute Gasteiger partial charge is 0.248 e. The number of carbonyl (C=O) groups excluding carboxylic acids is 2. The topological polar surface area (TPSA) is 93.2 Å². The van der Waals surface area contributed by atoms with Gasteiger partial charge in [0.15, 0.2) is 0 Å². The van der Waals surface area contributed by atoms with Crippen molar-refractivity contribution in [2.75, 3.05) is 12.4 Å². The Bertz CT molecular complexity index is 686. The lowest BCUT2D eigenvalue weighted by molar-refractivity contribution is -0.124. The van der Waals surface area contributed by atoms with Crippen LogP contribution in [0.1, 0.15) is 13.8 Å². The molecule has 0 aliphatic carbocycles. The lowest BCUT2D eigenvalue weighted by Crippen LogP contribution is -2.40. The average Bonchev–Trinajstić information content (AvgIpc) is 2.95. The van der Waals surface area contributed by atoms with Gasteiger partial charge >= 0.3 is 0 Å². The van der Waals surface area contributed by atoms with Crippen LogP contribution in [0.5, 0.6) is 5.75 Å². The standard InChI is InChI=1S/C14H16N4O3S/c1-8(15-9(2)19)12(20)16-14-18-17-13(22-14)10-5-4-6-11(7-10)21-3/h4-8H,1-3H3,(H,15,19)(H,16,18,20). The molecule has 1 atom stereocenters. The van der Waals surface area contributed by atoms with Gasteiger partial charge < -0.3 is 10.1 Å². The first-order chi connectivity index (χ1) is 10.5. The maximum absolute atomic E-state index is 11.9. The number of rotatable bonds is 5. The van der Waals surface area contributed by atoms with Crippen LogP contribution in [0.3, 0.4) is 0 Å². The van der Waals surface area contributed by atoms with E-state index in [9.17, 15) is 9.59 Å². The molecule has 0 aliphatic heterocycles. The highest BCUT2D eigenvalue weighted by Gasteiger charge is 2.16. The van der Waals surface area contributed by atoms with E-state index in [-0.39, 0.29) is 11.8 Å². The molecule has 0 bridgehead atoms. The van der Waals surface area contributed by atoms with Crippen LogP contribution in [0, 0.1) is 0 Å². The first-order valence-corrected chi connectivity index (χ1v) is 7.37. The second kappa shape index (κ2) is 6.99. The fourth-order valence-electron chi connectivity index (χ4n) is 1.73. The second-order valence-corrected chi connectivity index (χ2v) is 5.53. The molecule has 22 heavy (non-hydrogen) atoms. The summed E-state index contributed by atoms with van der Waals surface area (Å²) in [5.74, 6) is 0.109. The third-order valence-electron chi connectivity index (χ3n) is 2.78. The zero-order valence-corrected chi connectivity index (χ0v) is 13.2. The summed E-state index contributed by atoms with van der Waals surface area (Å²) in [4.78, 5) is 22.8. The van der Waals surface area contributed by atoms with Crippen LogP contribution in [0.15, 0.2) is 24.3 Å². The minimum absolute atomic E-state index is 0.267. The predicted octanol–water partition coefficient (Wildman–Crippen LogP) is 1.68. The summed E-state index contributed by atoms with van der Waals surface area (Å²) in [6, 6.07) is 6.77. The summed E-state index contributed by atoms with van der Waals surface area (Å²) in [6.07, 6.45) is 0. The van der Waals surface area contributed by atoms with Gasteiger partial charge in [0.25, 0.3) is 0 Å². The minimum atomic E-state index is -0.637. The fraction of sp³-hybridized carbons (Fsp3) is 0.286. The fourth-order valence-corrected chi connectivity index (χ4v) is 2.47. The van der Waals surface area contributed by atoms with Crippen LogP contribution < -0.4 is 15.4 Å². The summed E-state index contributed by atoms with van der Waals surface area (Å²) in [6.45, 7) is 2.95. The van der Waals surface area contributed by atoms with Crippen molar-refractivity contribution in [3.05, 3.63) is 24.3 Å². The highest BCUT2D eigenvalue weighted by molar-refractivity contribution is 7.18. The number of nitrogens with one attached hydrogen (secondary N) is 2. The van der Waals surface area contributed by atoms with Crippen LogP contribution in [0.25, 0.3) is 10.6 Å². The second-order valence-electron chi connectivity index (χ2n) is 4.56. The van der Waals surface area contributed by atoms with Crippen molar-refractivity contribution in [1.29, 1.82) is 0 Å². The van der Waals surface area contributed by atoms with Gasteiger partial charge in [-0.2, -0.15) is 0 Å². The number of methoxy groups -OCH3 is 1. The molecule has 116 valence electrons.